The second kappa shape index (κ2) is 16.0. The number of carbonyl (C=O) groups excluding carboxylic acids is 3. The van der Waals surface area contributed by atoms with Gasteiger partial charge in [0.2, 0.25) is 5.91 Å². The van der Waals surface area contributed by atoms with E-state index < -0.39 is 17.1 Å². The third-order valence-electron chi connectivity index (χ3n) is 6.27. The molecule has 0 radical (unpaired) electrons. The van der Waals surface area contributed by atoms with Crippen molar-refractivity contribution in [3.8, 4) is 5.75 Å². The van der Waals surface area contributed by atoms with Gasteiger partial charge in [-0.05, 0) is 74.0 Å². The van der Waals surface area contributed by atoms with Gasteiger partial charge in [0, 0.05) is 27.4 Å². The van der Waals surface area contributed by atoms with E-state index in [4.69, 9.17) is 27.9 Å². The molecule has 0 bridgehead atoms. The second-order valence-electron chi connectivity index (χ2n) is 9.46. The first-order chi connectivity index (χ1) is 21.3. The van der Waals surface area contributed by atoms with Crippen molar-refractivity contribution in [2.45, 2.75) is 30.4 Å². The molecular formula is C34H31Cl2N3O4S. The zero-order valence-electron chi connectivity index (χ0n) is 24.1. The van der Waals surface area contributed by atoms with Crippen LogP contribution < -0.4 is 20.7 Å². The number of anilines is 2. The molecule has 0 aliphatic heterocycles. The highest BCUT2D eigenvalue weighted by atomic mass is 35.5. The molecule has 0 aliphatic rings. The van der Waals surface area contributed by atoms with Gasteiger partial charge in [-0.1, -0.05) is 72.6 Å². The van der Waals surface area contributed by atoms with Gasteiger partial charge in [-0.15, -0.1) is 11.8 Å². The fraction of sp³-hybridized carbons (Fsp3) is 0.147. The molecule has 44 heavy (non-hydrogen) atoms. The second-order valence-corrected chi connectivity index (χ2v) is 11.6. The van der Waals surface area contributed by atoms with Crippen LogP contribution in [0.3, 0.4) is 0 Å². The van der Waals surface area contributed by atoms with Gasteiger partial charge in [-0.3, -0.25) is 14.4 Å². The van der Waals surface area contributed by atoms with E-state index in [-0.39, 0.29) is 11.6 Å². The van der Waals surface area contributed by atoms with Crippen molar-refractivity contribution in [1.29, 1.82) is 0 Å². The number of amides is 3. The zero-order valence-corrected chi connectivity index (χ0v) is 26.4. The molecule has 7 nitrogen and oxygen atoms in total. The van der Waals surface area contributed by atoms with Crippen molar-refractivity contribution in [2.24, 2.45) is 0 Å². The van der Waals surface area contributed by atoms with Gasteiger partial charge >= 0.3 is 0 Å². The summed E-state index contributed by atoms with van der Waals surface area (Å²) in [6.07, 6.45) is 2.15. The summed E-state index contributed by atoms with van der Waals surface area (Å²) in [6.45, 7) is 4.23. The maximum atomic E-state index is 13.6. The molecule has 0 spiro atoms. The number of carbonyl (C=O) groups is 3. The number of thioether (sulfide) groups is 1. The highest BCUT2D eigenvalue weighted by Crippen LogP contribution is 2.30. The summed E-state index contributed by atoms with van der Waals surface area (Å²) in [4.78, 5) is 40.4. The molecule has 4 rings (SSSR count). The third-order valence-corrected chi connectivity index (χ3v) is 8.37. The molecule has 0 heterocycles. The van der Waals surface area contributed by atoms with Crippen LogP contribution in [-0.4, -0.2) is 29.6 Å². The van der Waals surface area contributed by atoms with Crippen LogP contribution in [0.25, 0.3) is 6.08 Å². The number of nitrogens with one attached hydrogen (secondary N) is 3. The monoisotopic (exact) mass is 647 g/mol. The van der Waals surface area contributed by atoms with Crippen LogP contribution in [-0.2, 0) is 9.59 Å². The van der Waals surface area contributed by atoms with E-state index in [1.165, 1.54) is 11.8 Å². The Balaban J connectivity index is 1.53. The number of rotatable bonds is 12. The number of para-hydroxylation sites is 1. The summed E-state index contributed by atoms with van der Waals surface area (Å²) in [7, 11) is 0. The van der Waals surface area contributed by atoms with Gasteiger partial charge in [-0.25, -0.2) is 0 Å². The highest BCUT2D eigenvalue weighted by Gasteiger charge is 2.20. The smallest absolute Gasteiger partial charge is 0.272 e. The first-order valence-electron chi connectivity index (χ1n) is 13.9. The Labute approximate surface area is 271 Å². The van der Waals surface area contributed by atoms with Crippen molar-refractivity contribution in [2.75, 3.05) is 17.2 Å². The highest BCUT2D eigenvalue weighted by molar-refractivity contribution is 8.00. The Bertz CT molecular complexity index is 1660. The van der Waals surface area contributed by atoms with Crippen LogP contribution in [0.1, 0.15) is 36.2 Å². The predicted molar refractivity (Wildman–Crippen MR) is 180 cm³/mol. The molecule has 4 aromatic carbocycles. The van der Waals surface area contributed by atoms with Crippen LogP contribution in [0.5, 0.6) is 5.75 Å². The quantitative estimate of drug-likeness (QED) is 0.106. The minimum Gasteiger partial charge on any atom is -0.493 e. The summed E-state index contributed by atoms with van der Waals surface area (Å²) < 4.78 is 5.72. The normalized spacial score (nSPS) is 11.8. The van der Waals surface area contributed by atoms with E-state index in [0.29, 0.717) is 51.3 Å². The van der Waals surface area contributed by atoms with Crippen LogP contribution in [0.15, 0.2) is 108 Å². The average molecular weight is 649 g/mol. The van der Waals surface area contributed by atoms with Crippen molar-refractivity contribution in [3.63, 3.8) is 0 Å². The molecular weight excluding hydrogens is 617 g/mol. The molecule has 0 aromatic heterocycles. The largest absolute Gasteiger partial charge is 0.493 e. The Morgan fingerprint density at radius 1 is 0.818 bits per heavy atom. The summed E-state index contributed by atoms with van der Waals surface area (Å²) in [6, 6.07) is 28.0. The first kappa shape index (κ1) is 32.7. The summed E-state index contributed by atoms with van der Waals surface area (Å²) in [5.41, 5.74) is 2.13. The third kappa shape index (κ3) is 9.13. The van der Waals surface area contributed by atoms with E-state index in [2.05, 4.69) is 16.0 Å². The van der Waals surface area contributed by atoms with Gasteiger partial charge in [0.1, 0.15) is 11.4 Å². The van der Waals surface area contributed by atoms with Crippen molar-refractivity contribution >= 4 is 70.1 Å². The predicted octanol–water partition coefficient (Wildman–Crippen LogP) is 8.31. The fourth-order valence-electron chi connectivity index (χ4n) is 4.11. The minimum absolute atomic E-state index is 0.0384. The molecule has 0 aliphatic carbocycles. The number of halogens is 2. The van der Waals surface area contributed by atoms with E-state index >= 15 is 0 Å². The molecule has 3 amide bonds. The van der Waals surface area contributed by atoms with Gasteiger partial charge in [0.05, 0.1) is 21.9 Å². The lowest BCUT2D eigenvalue weighted by Gasteiger charge is -2.16. The van der Waals surface area contributed by atoms with E-state index in [1.54, 1.807) is 78.9 Å². The Morgan fingerprint density at radius 2 is 1.55 bits per heavy atom. The van der Waals surface area contributed by atoms with E-state index in [9.17, 15) is 14.4 Å². The Hall–Kier alpha value is -4.24. The maximum Gasteiger partial charge on any atom is 0.272 e. The molecule has 0 saturated heterocycles. The minimum atomic E-state index is -0.521. The Morgan fingerprint density at radius 3 is 2.27 bits per heavy atom. The molecule has 4 aromatic rings. The number of hydrogen-bond acceptors (Lipinski definition) is 5. The summed E-state index contributed by atoms with van der Waals surface area (Å²) in [5, 5.41) is 8.85. The molecule has 1 unspecified atom stereocenters. The number of hydrogen-bond donors (Lipinski definition) is 3. The van der Waals surface area contributed by atoms with Crippen LogP contribution in [0, 0.1) is 0 Å². The molecule has 0 fully saturated rings. The van der Waals surface area contributed by atoms with Crippen LogP contribution in [0.2, 0.25) is 10.0 Å². The van der Waals surface area contributed by atoms with Gasteiger partial charge in [0.15, 0.2) is 0 Å². The maximum absolute atomic E-state index is 13.6. The summed E-state index contributed by atoms with van der Waals surface area (Å²) in [5.74, 6) is -0.555. The van der Waals surface area contributed by atoms with E-state index in [0.717, 1.165) is 4.90 Å². The topological polar surface area (TPSA) is 96.5 Å². The van der Waals surface area contributed by atoms with E-state index in [1.807, 2.05) is 38.1 Å². The lowest BCUT2D eigenvalue weighted by atomic mass is 10.1. The van der Waals surface area contributed by atoms with Gasteiger partial charge in [-0.2, -0.15) is 0 Å². The molecule has 0 saturated carbocycles. The van der Waals surface area contributed by atoms with Gasteiger partial charge < -0.3 is 20.7 Å². The zero-order chi connectivity index (χ0) is 31.5. The molecule has 3 N–H and O–H groups in total. The first-order valence-corrected chi connectivity index (χ1v) is 15.5. The molecule has 10 heteroatoms. The van der Waals surface area contributed by atoms with Gasteiger partial charge in [0.25, 0.3) is 11.8 Å². The number of ether oxygens (including phenoxy) is 1. The van der Waals surface area contributed by atoms with Crippen molar-refractivity contribution in [1.82, 2.24) is 5.32 Å². The lowest BCUT2D eigenvalue weighted by molar-refractivity contribution is -0.116. The molecule has 226 valence electrons. The average Bonchev–Trinajstić information content (AvgIpc) is 3.02. The standard InChI is InChI=1S/C34H31Cl2N3O4S/c1-3-31(34(42)38-25-17-18-27(35)28(36)21-25)44-26-15-10-14-24(20-26)37-33(41)29(39-32(40)22-11-6-5-7-12-22)19-23-13-8-9-16-30(23)43-4-2/h5-21,31H,3-4H2,1-2H3,(H,37,41)(H,38,42)(H,39,40)/b29-19+. The Kier molecular flexibility index (Phi) is 11.9. The number of benzene rings is 4. The van der Waals surface area contributed by atoms with Crippen LogP contribution >= 0.6 is 35.0 Å². The van der Waals surface area contributed by atoms with Crippen LogP contribution in [0.4, 0.5) is 11.4 Å². The van der Waals surface area contributed by atoms with Crippen molar-refractivity contribution < 1.29 is 19.1 Å². The SMILES string of the molecule is CCOc1ccccc1/C=C(/NC(=O)c1ccccc1)C(=O)Nc1cccc(SC(CC)C(=O)Nc2ccc(Cl)c(Cl)c2)c1. The fourth-order valence-corrected chi connectivity index (χ4v) is 5.42. The summed E-state index contributed by atoms with van der Waals surface area (Å²) >= 11 is 13.4. The molecule has 1 atom stereocenters. The van der Waals surface area contributed by atoms with Crippen molar-refractivity contribution in [3.05, 3.63) is 124 Å². The lowest BCUT2D eigenvalue weighted by Crippen LogP contribution is -2.30.